The van der Waals surface area contributed by atoms with Crippen LogP contribution in [0.5, 0.6) is 11.5 Å². The quantitative estimate of drug-likeness (QED) is 0.454. The molecule has 3 aromatic carbocycles. The second-order valence-electron chi connectivity index (χ2n) is 7.19. The second-order valence-corrected chi connectivity index (χ2v) is 9.36. The summed E-state index contributed by atoms with van der Waals surface area (Å²) in [7, 11) is -3.86. The smallest absolute Gasteiger partial charge is 0.336 e. The van der Waals surface area contributed by atoms with Crippen molar-refractivity contribution < 1.29 is 28.9 Å². The summed E-state index contributed by atoms with van der Waals surface area (Å²) in [6.45, 7) is 3.44. The van der Waals surface area contributed by atoms with Gasteiger partial charge in [-0.2, -0.15) is 0 Å². The number of halogens is 2. The Hall–Kier alpha value is -2.94. The van der Waals surface area contributed by atoms with Crippen molar-refractivity contribution in [2.75, 3.05) is 6.54 Å². The number of sulfonamides is 1. The van der Waals surface area contributed by atoms with Gasteiger partial charge in [0.25, 0.3) is 0 Å². The van der Waals surface area contributed by atoms with Crippen LogP contribution in [0.3, 0.4) is 0 Å². The molecule has 0 aromatic heterocycles. The van der Waals surface area contributed by atoms with Crippen molar-refractivity contribution in [2.24, 2.45) is 0 Å². The Morgan fingerprint density at radius 3 is 2.38 bits per heavy atom. The largest absolute Gasteiger partial charge is 0.478 e. The van der Waals surface area contributed by atoms with Crippen molar-refractivity contribution in [3.63, 3.8) is 0 Å². The third-order valence-electron chi connectivity index (χ3n) is 4.94. The molecule has 170 valence electrons. The lowest BCUT2D eigenvalue weighted by atomic mass is 10.0. The van der Waals surface area contributed by atoms with Gasteiger partial charge in [-0.05, 0) is 73.4 Å². The van der Waals surface area contributed by atoms with Crippen LogP contribution in [0.4, 0.5) is 4.39 Å². The van der Waals surface area contributed by atoms with E-state index in [1.54, 1.807) is 38.1 Å². The van der Waals surface area contributed by atoms with Crippen molar-refractivity contribution in [1.82, 2.24) is 4.72 Å². The van der Waals surface area contributed by atoms with E-state index in [9.17, 15) is 22.7 Å². The normalized spacial score (nSPS) is 11.4. The van der Waals surface area contributed by atoms with Crippen LogP contribution in [0.25, 0.3) is 0 Å². The first kappa shape index (κ1) is 23.7. The van der Waals surface area contributed by atoms with Crippen LogP contribution in [0.15, 0.2) is 59.5 Å². The van der Waals surface area contributed by atoms with Gasteiger partial charge >= 0.3 is 5.97 Å². The molecule has 0 saturated heterocycles. The van der Waals surface area contributed by atoms with E-state index < -0.39 is 21.8 Å². The number of carboxylic acid groups (broad SMARTS) is 1. The zero-order chi connectivity index (χ0) is 23.5. The van der Waals surface area contributed by atoms with E-state index >= 15 is 0 Å². The van der Waals surface area contributed by atoms with E-state index in [4.69, 9.17) is 16.3 Å². The maximum absolute atomic E-state index is 13.2. The van der Waals surface area contributed by atoms with Crippen molar-refractivity contribution in [3.8, 4) is 11.5 Å². The Morgan fingerprint density at radius 2 is 1.75 bits per heavy atom. The summed E-state index contributed by atoms with van der Waals surface area (Å²) in [4.78, 5) is 11.3. The van der Waals surface area contributed by atoms with Crippen LogP contribution in [0.1, 0.15) is 28.5 Å². The number of ether oxygens (including phenoxy) is 1. The summed E-state index contributed by atoms with van der Waals surface area (Å²) in [5.74, 6) is -0.788. The number of carbonyl (C=O) groups is 1. The predicted molar refractivity (Wildman–Crippen MR) is 122 cm³/mol. The molecule has 0 fully saturated rings. The number of hydrogen-bond acceptors (Lipinski definition) is 4. The molecule has 3 aromatic rings. The summed E-state index contributed by atoms with van der Waals surface area (Å²) < 4.78 is 46.6. The molecule has 32 heavy (non-hydrogen) atoms. The first-order valence-electron chi connectivity index (χ1n) is 9.63. The summed E-state index contributed by atoms with van der Waals surface area (Å²) in [6.07, 6.45) is 0.415. The van der Waals surface area contributed by atoms with Gasteiger partial charge in [-0.25, -0.2) is 22.3 Å². The lowest BCUT2D eigenvalue weighted by Crippen LogP contribution is -2.26. The van der Waals surface area contributed by atoms with Crippen molar-refractivity contribution >= 4 is 27.6 Å². The van der Waals surface area contributed by atoms with E-state index in [0.29, 0.717) is 29.0 Å². The zero-order valence-corrected chi connectivity index (χ0v) is 18.9. The van der Waals surface area contributed by atoms with Crippen molar-refractivity contribution in [1.29, 1.82) is 0 Å². The van der Waals surface area contributed by atoms with E-state index in [2.05, 4.69) is 4.72 Å². The molecule has 0 saturated carbocycles. The van der Waals surface area contributed by atoms with E-state index in [1.165, 1.54) is 30.3 Å². The van der Waals surface area contributed by atoms with Gasteiger partial charge in [0.2, 0.25) is 10.0 Å². The highest BCUT2D eigenvalue weighted by Gasteiger charge is 2.19. The van der Waals surface area contributed by atoms with Gasteiger partial charge in [0, 0.05) is 14.0 Å². The van der Waals surface area contributed by atoms with Crippen LogP contribution in [-0.4, -0.2) is 26.0 Å². The Labute approximate surface area is 192 Å². The molecular weight excluding hydrogens is 457 g/mol. The van der Waals surface area contributed by atoms with Crippen LogP contribution in [0.2, 0.25) is 5.02 Å². The Balaban J connectivity index is 0.00000385. The maximum Gasteiger partial charge on any atom is 0.336 e. The van der Waals surface area contributed by atoms with E-state index in [-0.39, 0.29) is 23.5 Å². The molecule has 0 bridgehead atoms. The second kappa shape index (κ2) is 9.68. The number of aromatic carboxylic acids is 1. The summed E-state index contributed by atoms with van der Waals surface area (Å²) >= 11 is 5.74. The summed E-state index contributed by atoms with van der Waals surface area (Å²) in [5.41, 5.74) is 1.94. The highest BCUT2D eigenvalue weighted by molar-refractivity contribution is 7.89. The Kier molecular flexibility index (Phi) is 7.18. The van der Waals surface area contributed by atoms with Gasteiger partial charge in [0.05, 0.1) is 15.5 Å². The van der Waals surface area contributed by atoms with Crippen molar-refractivity contribution in [2.45, 2.75) is 25.2 Å². The van der Waals surface area contributed by atoms with E-state index in [1.807, 2.05) is 0 Å². The monoisotopic (exact) mass is 479 g/mol. The first-order valence-corrected chi connectivity index (χ1v) is 11.5. The molecule has 0 aliphatic heterocycles. The topological polar surface area (TPSA) is 92.7 Å². The Morgan fingerprint density at radius 1 is 1.09 bits per heavy atom. The minimum atomic E-state index is -3.86. The lowest BCUT2D eigenvalue weighted by molar-refractivity contribution is 0.0695. The lowest BCUT2D eigenvalue weighted by Gasteiger charge is -2.11. The zero-order valence-electron chi connectivity index (χ0n) is 17.4. The molecule has 0 aliphatic rings. The number of carboxylic acids is 1. The average Bonchev–Trinajstić information content (AvgIpc) is 2.73. The van der Waals surface area contributed by atoms with Crippen LogP contribution in [-0.2, 0) is 16.4 Å². The molecule has 0 spiro atoms. The fourth-order valence-electron chi connectivity index (χ4n) is 3.02. The van der Waals surface area contributed by atoms with Crippen LogP contribution in [0, 0.1) is 19.7 Å². The SMILES string of the molecule is Cc1cc(S(=O)(=O)NCCc2ccc(Oc3ccc(F)c(Cl)c3)cc2)cc(C(=O)O)c1C.[HH]. The summed E-state index contributed by atoms with van der Waals surface area (Å²) in [5, 5.41) is 9.26. The molecule has 3 rings (SSSR count). The van der Waals surface area contributed by atoms with E-state index in [0.717, 1.165) is 5.56 Å². The molecule has 6 nitrogen and oxygen atoms in total. The van der Waals surface area contributed by atoms with Gasteiger partial charge in [0.1, 0.15) is 17.3 Å². The van der Waals surface area contributed by atoms with Gasteiger partial charge in [0.15, 0.2) is 0 Å². The van der Waals surface area contributed by atoms with Gasteiger partial charge in [-0.15, -0.1) is 0 Å². The molecule has 0 aliphatic carbocycles. The number of rotatable bonds is 8. The van der Waals surface area contributed by atoms with Crippen molar-refractivity contribution in [3.05, 3.63) is 87.7 Å². The van der Waals surface area contributed by atoms with Crippen LogP contribution >= 0.6 is 11.6 Å². The van der Waals surface area contributed by atoms with Gasteiger partial charge < -0.3 is 9.84 Å². The third-order valence-corrected chi connectivity index (χ3v) is 6.67. The first-order chi connectivity index (χ1) is 15.1. The minimum absolute atomic E-state index is 0. The molecule has 0 radical (unpaired) electrons. The maximum atomic E-state index is 13.2. The molecule has 0 heterocycles. The Bertz CT molecular complexity index is 1270. The molecule has 9 heteroatoms. The molecule has 0 amide bonds. The number of hydrogen-bond donors (Lipinski definition) is 2. The van der Waals surface area contributed by atoms with Crippen LogP contribution < -0.4 is 9.46 Å². The number of aryl methyl sites for hydroxylation is 1. The number of nitrogens with one attached hydrogen (secondary N) is 1. The molecule has 2 N–H and O–H groups in total. The fraction of sp³-hybridized carbons (Fsp3) is 0.174. The predicted octanol–water partition coefficient (Wildman–Crippen LogP) is 5.35. The fourth-order valence-corrected chi connectivity index (χ4v) is 4.33. The molecule has 0 atom stereocenters. The van der Waals surface area contributed by atoms with Gasteiger partial charge in [-0.1, -0.05) is 23.7 Å². The number of benzene rings is 3. The third kappa shape index (κ3) is 5.64. The minimum Gasteiger partial charge on any atom is -0.478 e. The highest BCUT2D eigenvalue weighted by Crippen LogP contribution is 2.26. The average molecular weight is 480 g/mol. The standard InChI is InChI=1S/C23H21ClFNO5S.H2/c1-14-11-19(13-20(15(14)2)23(27)28)32(29,30)26-10-9-16-3-5-17(6-4-16)31-18-7-8-22(25)21(24)12-18;/h3-8,11-13,26H,9-10H2,1-2H3,(H,27,28);1H. The molecule has 0 unspecified atom stereocenters. The highest BCUT2D eigenvalue weighted by atomic mass is 35.5. The molecular formula is C23H23ClFNO5S. The summed E-state index contributed by atoms with van der Waals surface area (Å²) in [6, 6.07) is 13.7. The van der Waals surface area contributed by atoms with Gasteiger partial charge in [-0.3, -0.25) is 0 Å².